The summed E-state index contributed by atoms with van der Waals surface area (Å²) in [6.45, 7) is 4.25. The summed E-state index contributed by atoms with van der Waals surface area (Å²) in [6, 6.07) is 7.71. The fourth-order valence-corrected chi connectivity index (χ4v) is 1.06. The van der Waals surface area contributed by atoms with Crippen LogP contribution in [0.2, 0.25) is 5.02 Å². The lowest BCUT2D eigenvalue weighted by Gasteiger charge is -1.97. The Morgan fingerprint density at radius 1 is 1.15 bits per heavy atom. The van der Waals surface area contributed by atoms with E-state index in [4.69, 9.17) is 16.7 Å². The van der Waals surface area contributed by atoms with Gasteiger partial charge in [-0.2, -0.15) is 0 Å². The maximum atomic E-state index is 8.56. The third kappa shape index (κ3) is 5.67. The van der Waals surface area contributed by atoms with Crippen LogP contribution in [0.15, 0.2) is 24.3 Å². The number of hydrogen-bond acceptors (Lipinski definition) is 1. The van der Waals surface area contributed by atoms with Crippen molar-refractivity contribution in [3.05, 3.63) is 34.9 Å². The number of aliphatic hydroxyl groups is 1. The standard InChI is InChI=1S/C9H11ClO.C2H6/c10-9-5-3-8(4-6-9)2-1-7-11;1-2/h3-6,11H,1-2,7H2;1-2H3. The summed E-state index contributed by atoms with van der Waals surface area (Å²) in [4.78, 5) is 0. The molecule has 0 radical (unpaired) electrons. The predicted molar refractivity (Wildman–Crippen MR) is 58.2 cm³/mol. The topological polar surface area (TPSA) is 20.2 Å². The van der Waals surface area contributed by atoms with Gasteiger partial charge in [-0.25, -0.2) is 0 Å². The first kappa shape index (κ1) is 12.5. The molecule has 0 atom stereocenters. The van der Waals surface area contributed by atoms with E-state index in [1.807, 2.05) is 38.1 Å². The number of halogens is 1. The molecule has 0 heterocycles. The van der Waals surface area contributed by atoms with Crippen LogP contribution in [0.1, 0.15) is 25.8 Å². The minimum Gasteiger partial charge on any atom is -0.396 e. The van der Waals surface area contributed by atoms with Gasteiger partial charge in [0.05, 0.1) is 0 Å². The molecule has 1 nitrogen and oxygen atoms in total. The van der Waals surface area contributed by atoms with E-state index in [0.29, 0.717) is 0 Å². The summed E-state index contributed by atoms with van der Waals surface area (Å²) in [5.74, 6) is 0. The molecule has 1 rings (SSSR count). The molecule has 0 spiro atoms. The highest BCUT2D eigenvalue weighted by molar-refractivity contribution is 6.30. The smallest absolute Gasteiger partial charge is 0.0434 e. The molecular weight excluding hydrogens is 184 g/mol. The van der Waals surface area contributed by atoms with Crippen molar-refractivity contribution in [3.63, 3.8) is 0 Å². The lowest BCUT2D eigenvalue weighted by Crippen LogP contribution is -1.88. The summed E-state index contributed by atoms with van der Waals surface area (Å²) in [7, 11) is 0. The first-order valence-electron chi connectivity index (χ1n) is 4.68. The fourth-order valence-electron chi connectivity index (χ4n) is 0.934. The van der Waals surface area contributed by atoms with E-state index in [9.17, 15) is 0 Å². The van der Waals surface area contributed by atoms with Gasteiger partial charge in [-0.15, -0.1) is 0 Å². The molecule has 0 amide bonds. The Labute approximate surface area is 85.4 Å². The van der Waals surface area contributed by atoms with Gasteiger partial charge in [0.15, 0.2) is 0 Å². The van der Waals surface area contributed by atoms with Crippen LogP contribution < -0.4 is 0 Å². The monoisotopic (exact) mass is 200 g/mol. The predicted octanol–water partition coefficient (Wildman–Crippen LogP) is 3.29. The second-order valence-corrected chi connectivity index (χ2v) is 2.89. The van der Waals surface area contributed by atoms with E-state index >= 15 is 0 Å². The number of hydrogen-bond donors (Lipinski definition) is 1. The van der Waals surface area contributed by atoms with E-state index in [0.717, 1.165) is 17.9 Å². The Kier molecular flexibility index (Phi) is 7.76. The second-order valence-electron chi connectivity index (χ2n) is 2.45. The van der Waals surface area contributed by atoms with Crippen LogP contribution in [-0.2, 0) is 6.42 Å². The molecule has 0 bridgehead atoms. The summed E-state index contributed by atoms with van der Waals surface area (Å²) < 4.78 is 0. The fraction of sp³-hybridized carbons (Fsp3) is 0.455. The van der Waals surface area contributed by atoms with Crippen molar-refractivity contribution in [1.82, 2.24) is 0 Å². The third-order valence-electron chi connectivity index (χ3n) is 1.54. The average Bonchev–Trinajstić information content (AvgIpc) is 2.20. The van der Waals surface area contributed by atoms with Crippen LogP contribution in [0.3, 0.4) is 0 Å². The summed E-state index contributed by atoms with van der Waals surface area (Å²) in [5.41, 5.74) is 1.23. The van der Waals surface area contributed by atoms with Gasteiger partial charge >= 0.3 is 0 Å². The number of aliphatic hydroxyl groups excluding tert-OH is 1. The van der Waals surface area contributed by atoms with Crippen molar-refractivity contribution in [2.24, 2.45) is 0 Å². The zero-order chi connectivity index (χ0) is 10.1. The maximum absolute atomic E-state index is 8.56. The van der Waals surface area contributed by atoms with E-state index < -0.39 is 0 Å². The Morgan fingerprint density at radius 2 is 1.69 bits per heavy atom. The number of rotatable bonds is 3. The van der Waals surface area contributed by atoms with Crippen molar-refractivity contribution in [1.29, 1.82) is 0 Å². The van der Waals surface area contributed by atoms with Gasteiger partial charge in [0.1, 0.15) is 0 Å². The Balaban J connectivity index is 0.000000671. The van der Waals surface area contributed by atoms with Crippen molar-refractivity contribution < 1.29 is 5.11 Å². The summed E-state index contributed by atoms with van der Waals surface area (Å²) in [6.07, 6.45) is 1.75. The first-order chi connectivity index (χ1) is 6.33. The minimum atomic E-state index is 0.253. The number of benzene rings is 1. The van der Waals surface area contributed by atoms with Crippen LogP contribution in [0.25, 0.3) is 0 Å². The van der Waals surface area contributed by atoms with Gasteiger partial charge < -0.3 is 5.11 Å². The zero-order valence-electron chi connectivity index (χ0n) is 8.26. The summed E-state index contributed by atoms with van der Waals surface area (Å²) in [5, 5.41) is 9.32. The van der Waals surface area contributed by atoms with Gasteiger partial charge in [0, 0.05) is 11.6 Å². The summed E-state index contributed by atoms with van der Waals surface area (Å²) >= 11 is 5.70. The molecule has 0 saturated heterocycles. The molecule has 2 heteroatoms. The van der Waals surface area contributed by atoms with Crippen LogP contribution in [0, 0.1) is 0 Å². The molecule has 0 saturated carbocycles. The van der Waals surface area contributed by atoms with E-state index in [-0.39, 0.29) is 6.61 Å². The molecule has 0 aliphatic carbocycles. The van der Waals surface area contributed by atoms with Crippen molar-refractivity contribution in [2.45, 2.75) is 26.7 Å². The average molecular weight is 201 g/mol. The SMILES string of the molecule is CC.OCCCc1ccc(Cl)cc1. The van der Waals surface area contributed by atoms with Crippen LogP contribution in [0.5, 0.6) is 0 Å². The molecule has 1 aromatic rings. The third-order valence-corrected chi connectivity index (χ3v) is 1.79. The molecular formula is C11H17ClO. The number of aryl methyl sites for hydroxylation is 1. The van der Waals surface area contributed by atoms with Crippen molar-refractivity contribution >= 4 is 11.6 Å². The van der Waals surface area contributed by atoms with Gasteiger partial charge in [-0.05, 0) is 30.5 Å². The van der Waals surface area contributed by atoms with Gasteiger partial charge in [0.25, 0.3) is 0 Å². The Bertz CT molecular complexity index is 206. The maximum Gasteiger partial charge on any atom is 0.0434 e. The molecule has 13 heavy (non-hydrogen) atoms. The molecule has 74 valence electrons. The Morgan fingerprint density at radius 3 is 2.15 bits per heavy atom. The molecule has 0 aromatic heterocycles. The molecule has 0 fully saturated rings. The van der Waals surface area contributed by atoms with Crippen molar-refractivity contribution in [2.75, 3.05) is 6.61 Å². The lowest BCUT2D eigenvalue weighted by atomic mass is 10.1. The molecule has 1 aromatic carbocycles. The zero-order valence-corrected chi connectivity index (χ0v) is 9.01. The molecule has 0 aliphatic heterocycles. The van der Waals surface area contributed by atoms with Gasteiger partial charge in [0.2, 0.25) is 0 Å². The van der Waals surface area contributed by atoms with E-state index in [1.54, 1.807) is 0 Å². The van der Waals surface area contributed by atoms with Gasteiger partial charge in [-0.1, -0.05) is 37.6 Å². The highest BCUT2D eigenvalue weighted by atomic mass is 35.5. The van der Waals surface area contributed by atoms with Crippen LogP contribution in [-0.4, -0.2) is 11.7 Å². The van der Waals surface area contributed by atoms with E-state index in [2.05, 4.69) is 0 Å². The molecule has 0 aliphatic rings. The second kappa shape index (κ2) is 8.09. The first-order valence-corrected chi connectivity index (χ1v) is 5.06. The highest BCUT2D eigenvalue weighted by Gasteiger charge is 1.91. The normalized spacial score (nSPS) is 8.92. The van der Waals surface area contributed by atoms with Gasteiger partial charge in [-0.3, -0.25) is 0 Å². The quantitative estimate of drug-likeness (QED) is 0.794. The van der Waals surface area contributed by atoms with E-state index in [1.165, 1.54) is 5.56 Å². The van der Waals surface area contributed by atoms with Crippen LogP contribution in [0.4, 0.5) is 0 Å². The minimum absolute atomic E-state index is 0.253. The molecule has 1 N–H and O–H groups in total. The molecule has 0 unspecified atom stereocenters. The lowest BCUT2D eigenvalue weighted by molar-refractivity contribution is 0.288. The largest absolute Gasteiger partial charge is 0.396 e. The van der Waals surface area contributed by atoms with Crippen molar-refractivity contribution in [3.8, 4) is 0 Å². The Hall–Kier alpha value is -0.530. The highest BCUT2D eigenvalue weighted by Crippen LogP contribution is 2.10. The van der Waals surface area contributed by atoms with Crippen LogP contribution >= 0.6 is 11.6 Å².